The summed E-state index contributed by atoms with van der Waals surface area (Å²) in [7, 11) is 1.59. The number of benzene rings is 1. The number of halogens is 2. The molecule has 84 valence electrons. The van der Waals surface area contributed by atoms with E-state index in [1.165, 1.54) is 4.90 Å². The third-order valence-electron chi connectivity index (χ3n) is 1.85. The van der Waals surface area contributed by atoms with Gasteiger partial charge in [0.05, 0.1) is 17.3 Å². The monoisotopic (exact) mass is 256 g/mol. The van der Waals surface area contributed by atoms with Crippen molar-refractivity contribution >= 4 is 34.9 Å². The molecule has 0 heterocycles. The number of carbonyl (C=O) groups is 1. The van der Waals surface area contributed by atoms with E-state index in [2.05, 4.69) is 11.2 Å². The number of rotatable bonds is 2. The predicted molar refractivity (Wildman–Crippen MR) is 66.9 cm³/mol. The van der Waals surface area contributed by atoms with Gasteiger partial charge in [-0.15, -0.1) is 6.42 Å². The number of urea groups is 1. The van der Waals surface area contributed by atoms with Crippen molar-refractivity contribution < 1.29 is 4.79 Å². The summed E-state index contributed by atoms with van der Waals surface area (Å²) in [5.74, 6) is 2.37. The van der Waals surface area contributed by atoms with Crippen LogP contribution in [0.2, 0.25) is 10.0 Å². The first-order valence-corrected chi connectivity index (χ1v) is 5.21. The van der Waals surface area contributed by atoms with E-state index in [0.717, 1.165) is 0 Å². The smallest absolute Gasteiger partial charge is 0.316 e. The van der Waals surface area contributed by atoms with Crippen LogP contribution < -0.4 is 5.32 Å². The summed E-state index contributed by atoms with van der Waals surface area (Å²) in [6, 6.07) is 4.50. The van der Waals surface area contributed by atoms with Gasteiger partial charge < -0.3 is 10.2 Å². The van der Waals surface area contributed by atoms with Crippen LogP contribution in [0.5, 0.6) is 0 Å². The molecule has 0 atom stereocenters. The number of anilines is 1. The van der Waals surface area contributed by atoms with Crippen molar-refractivity contribution in [1.82, 2.24) is 4.90 Å². The minimum absolute atomic E-state index is 0.226. The zero-order valence-electron chi connectivity index (χ0n) is 8.63. The van der Waals surface area contributed by atoms with Crippen LogP contribution in [0, 0.1) is 12.3 Å². The van der Waals surface area contributed by atoms with Crippen molar-refractivity contribution in [3.05, 3.63) is 28.2 Å². The lowest BCUT2D eigenvalue weighted by Crippen LogP contribution is -2.31. The topological polar surface area (TPSA) is 32.3 Å². The van der Waals surface area contributed by atoms with Gasteiger partial charge in [0.2, 0.25) is 0 Å². The summed E-state index contributed by atoms with van der Waals surface area (Å²) >= 11 is 11.7. The Morgan fingerprint density at radius 2 is 2.25 bits per heavy atom. The summed E-state index contributed by atoms with van der Waals surface area (Å²) in [5.41, 5.74) is 0.461. The van der Waals surface area contributed by atoms with Crippen LogP contribution >= 0.6 is 23.2 Å². The van der Waals surface area contributed by atoms with Gasteiger partial charge in [-0.2, -0.15) is 0 Å². The number of amides is 2. The molecule has 5 heteroatoms. The number of nitrogens with zero attached hydrogens (tertiary/aromatic N) is 1. The second-order valence-electron chi connectivity index (χ2n) is 3.11. The lowest BCUT2D eigenvalue weighted by atomic mass is 10.3. The molecule has 0 aromatic heterocycles. The van der Waals surface area contributed by atoms with Crippen molar-refractivity contribution in [3.63, 3.8) is 0 Å². The number of hydrogen-bond acceptors (Lipinski definition) is 1. The Balaban J connectivity index is 2.77. The highest BCUT2D eigenvalue weighted by atomic mass is 35.5. The first-order valence-electron chi connectivity index (χ1n) is 4.45. The van der Waals surface area contributed by atoms with Gasteiger partial charge in [0.15, 0.2) is 0 Å². The van der Waals surface area contributed by atoms with E-state index in [9.17, 15) is 4.79 Å². The van der Waals surface area contributed by atoms with Crippen molar-refractivity contribution in [3.8, 4) is 12.3 Å². The minimum Gasteiger partial charge on any atom is -0.316 e. The molecule has 0 spiro atoms. The second kappa shape index (κ2) is 5.64. The SMILES string of the molecule is C#CCN(C)C(=O)Nc1cc(Cl)ccc1Cl. The molecule has 1 aromatic carbocycles. The maximum absolute atomic E-state index is 11.6. The maximum atomic E-state index is 11.6. The van der Waals surface area contributed by atoms with Gasteiger partial charge in [0, 0.05) is 12.1 Å². The Kier molecular flexibility index (Phi) is 4.48. The van der Waals surface area contributed by atoms with Crippen molar-refractivity contribution in [2.24, 2.45) is 0 Å². The van der Waals surface area contributed by atoms with Gasteiger partial charge in [-0.3, -0.25) is 0 Å². The minimum atomic E-state index is -0.331. The molecule has 0 bridgehead atoms. The maximum Gasteiger partial charge on any atom is 0.322 e. The van der Waals surface area contributed by atoms with Gasteiger partial charge in [-0.05, 0) is 18.2 Å². The fourth-order valence-corrected chi connectivity index (χ4v) is 1.35. The molecule has 1 N–H and O–H groups in total. The molecule has 0 radical (unpaired) electrons. The highest BCUT2D eigenvalue weighted by Gasteiger charge is 2.09. The highest BCUT2D eigenvalue weighted by Crippen LogP contribution is 2.25. The van der Waals surface area contributed by atoms with E-state index in [1.54, 1.807) is 25.2 Å². The van der Waals surface area contributed by atoms with Crippen LogP contribution in [0.3, 0.4) is 0 Å². The summed E-state index contributed by atoms with van der Waals surface area (Å²) < 4.78 is 0. The third-order valence-corrected chi connectivity index (χ3v) is 2.41. The van der Waals surface area contributed by atoms with E-state index < -0.39 is 0 Å². The Morgan fingerprint density at radius 3 is 2.88 bits per heavy atom. The summed E-state index contributed by atoms with van der Waals surface area (Å²) in [6.07, 6.45) is 5.10. The van der Waals surface area contributed by atoms with Crippen molar-refractivity contribution in [2.45, 2.75) is 0 Å². The van der Waals surface area contributed by atoms with Crippen molar-refractivity contribution in [2.75, 3.05) is 18.9 Å². The lowest BCUT2D eigenvalue weighted by molar-refractivity contribution is 0.227. The predicted octanol–water partition coefficient (Wildman–Crippen LogP) is 3.09. The molecule has 0 aliphatic rings. The van der Waals surface area contributed by atoms with E-state index in [-0.39, 0.29) is 12.6 Å². The third kappa shape index (κ3) is 3.34. The Bertz CT molecular complexity index is 440. The molecule has 0 fully saturated rings. The van der Waals surface area contributed by atoms with Crippen LogP contribution in [-0.4, -0.2) is 24.5 Å². The fraction of sp³-hybridized carbons (Fsp3) is 0.182. The van der Waals surface area contributed by atoms with Gasteiger partial charge >= 0.3 is 6.03 Å². The average Bonchev–Trinajstić information content (AvgIpc) is 2.23. The van der Waals surface area contributed by atoms with Gasteiger partial charge in [-0.1, -0.05) is 29.1 Å². The fourth-order valence-electron chi connectivity index (χ4n) is 1.01. The summed E-state index contributed by atoms with van der Waals surface area (Å²) in [5, 5.41) is 3.53. The van der Waals surface area contributed by atoms with Crippen LogP contribution in [0.4, 0.5) is 10.5 Å². The quantitative estimate of drug-likeness (QED) is 0.811. The molecule has 0 unspecified atom stereocenters. The molecule has 0 aliphatic carbocycles. The summed E-state index contributed by atoms with van der Waals surface area (Å²) in [6.45, 7) is 0.226. The molecule has 16 heavy (non-hydrogen) atoms. The largest absolute Gasteiger partial charge is 0.322 e. The molecule has 0 saturated heterocycles. The van der Waals surface area contributed by atoms with Crippen LogP contribution in [-0.2, 0) is 0 Å². The Morgan fingerprint density at radius 1 is 1.56 bits per heavy atom. The van der Waals surface area contributed by atoms with E-state index in [1.807, 2.05) is 0 Å². The lowest BCUT2D eigenvalue weighted by Gasteiger charge is -2.15. The standard InChI is InChI=1S/C11H10Cl2N2O/c1-3-6-15(2)11(16)14-10-7-8(12)4-5-9(10)13/h1,4-5,7H,6H2,2H3,(H,14,16). The number of carbonyl (C=O) groups excluding carboxylic acids is 1. The van der Waals surface area contributed by atoms with E-state index in [0.29, 0.717) is 15.7 Å². The Labute approximate surface area is 104 Å². The van der Waals surface area contributed by atoms with Crippen molar-refractivity contribution in [1.29, 1.82) is 0 Å². The number of hydrogen-bond donors (Lipinski definition) is 1. The molecule has 0 saturated carbocycles. The highest BCUT2D eigenvalue weighted by molar-refractivity contribution is 6.35. The zero-order valence-corrected chi connectivity index (χ0v) is 10.1. The summed E-state index contributed by atoms with van der Waals surface area (Å²) in [4.78, 5) is 12.9. The van der Waals surface area contributed by atoms with E-state index in [4.69, 9.17) is 29.6 Å². The molecule has 3 nitrogen and oxygen atoms in total. The molecular formula is C11H10Cl2N2O. The Hall–Kier alpha value is -1.37. The molecule has 1 rings (SSSR count). The van der Waals surface area contributed by atoms with Gasteiger partial charge in [0.1, 0.15) is 0 Å². The normalized spacial score (nSPS) is 9.38. The molecule has 0 aliphatic heterocycles. The number of terminal acetylenes is 1. The van der Waals surface area contributed by atoms with Crippen LogP contribution in [0.1, 0.15) is 0 Å². The average molecular weight is 257 g/mol. The van der Waals surface area contributed by atoms with Gasteiger partial charge in [-0.25, -0.2) is 4.79 Å². The van der Waals surface area contributed by atoms with Crippen LogP contribution in [0.15, 0.2) is 18.2 Å². The molecule has 1 aromatic rings. The molecule has 2 amide bonds. The molecular weight excluding hydrogens is 247 g/mol. The number of nitrogens with one attached hydrogen (secondary N) is 1. The van der Waals surface area contributed by atoms with Gasteiger partial charge in [0.25, 0.3) is 0 Å². The zero-order chi connectivity index (χ0) is 12.1. The first-order chi connectivity index (χ1) is 7.54. The second-order valence-corrected chi connectivity index (χ2v) is 3.96. The van der Waals surface area contributed by atoms with Crippen LogP contribution in [0.25, 0.3) is 0 Å². The first kappa shape index (κ1) is 12.7. The van der Waals surface area contributed by atoms with E-state index >= 15 is 0 Å².